The molecular formula is C17H22FIO11. The largest absolute Gasteiger partial charge is 0.465 e. The molecule has 1 aliphatic rings. The van der Waals surface area contributed by atoms with Crippen molar-refractivity contribution in [1.29, 1.82) is 0 Å². The van der Waals surface area contributed by atoms with Crippen molar-refractivity contribution in [3.63, 3.8) is 0 Å². The molecule has 1 fully saturated rings. The molecule has 0 bridgehead atoms. The number of esters is 5. The van der Waals surface area contributed by atoms with Gasteiger partial charge in [0.2, 0.25) is 0 Å². The highest BCUT2D eigenvalue weighted by Crippen LogP contribution is 2.41. The predicted molar refractivity (Wildman–Crippen MR) is 102 cm³/mol. The molecule has 30 heavy (non-hydrogen) atoms. The molecule has 0 N–H and O–H groups in total. The summed E-state index contributed by atoms with van der Waals surface area (Å²) in [5.41, 5.74) is 0. The summed E-state index contributed by atoms with van der Waals surface area (Å²) in [6, 6.07) is 0. The summed E-state index contributed by atoms with van der Waals surface area (Å²) in [6.45, 7) is 3.55. The summed E-state index contributed by atoms with van der Waals surface area (Å²) in [5, 5.41) is 0. The fourth-order valence-corrected chi connectivity index (χ4v) is 3.69. The maximum atomic E-state index is 15.6. The number of carbonyl (C=O) groups excluding carboxylic acids is 5. The van der Waals surface area contributed by atoms with Crippen LogP contribution in [-0.2, 0) is 52.4 Å². The Morgan fingerprint density at radius 1 is 0.967 bits per heavy atom. The number of ether oxygens (including phenoxy) is 6. The van der Waals surface area contributed by atoms with E-state index in [1.807, 2.05) is 0 Å². The number of carbonyl (C=O) groups is 5. The van der Waals surface area contributed by atoms with Gasteiger partial charge in [-0.1, -0.05) is 22.6 Å². The molecule has 0 aliphatic carbocycles. The minimum Gasteiger partial charge on any atom is -0.465 e. The van der Waals surface area contributed by atoms with Crippen LogP contribution >= 0.6 is 22.6 Å². The lowest BCUT2D eigenvalue weighted by Gasteiger charge is -2.46. The Kier molecular flexibility index (Phi) is 9.39. The average Bonchev–Trinajstić information content (AvgIpc) is 2.62. The van der Waals surface area contributed by atoms with Crippen LogP contribution in [0.4, 0.5) is 4.39 Å². The molecule has 1 heterocycles. The van der Waals surface area contributed by atoms with Crippen molar-refractivity contribution < 1.29 is 56.8 Å². The Bertz CT molecular complexity index is 699. The molecule has 0 spiro atoms. The summed E-state index contributed by atoms with van der Waals surface area (Å²) in [7, 11) is 0.910. The zero-order valence-electron chi connectivity index (χ0n) is 16.8. The zero-order chi connectivity index (χ0) is 23.2. The highest BCUT2D eigenvalue weighted by molar-refractivity contribution is 14.1. The van der Waals surface area contributed by atoms with Gasteiger partial charge in [-0.15, -0.1) is 0 Å². The summed E-state index contributed by atoms with van der Waals surface area (Å²) in [4.78, 5) is 58.2. The Morgan fingerprint density at radius 3 is 1.93 bits per heavy atom. The van der Waals surface area contributed by atoms with Gasteiger partial charge in [-0.25, -0.2) is 4.79 Å². The Morgan fingerprint density at radius 2 is 1.50 bits per heavy atom. The molecule has 0 radical (unpaired) electrons. The maximum absolute atomic E-state index is 15.6. The topological polar surface area (TPSA) is 141 Å². The van der Waals surface area contributed by atoms with E-state index in [9.17, 15) is 24.0 Å². The lowest BCUT2D eigenvalue weighted by atomic mass is 9.92. The highest BCUT2D eigenvalue weighted by Gasteiger charge is 2.64. The van der Waals surface area contributed by atoms with Crippen molar-refractivity contribution >= 4 is 52.4 Å². The van der Waals surface area contributed by atoms with E-state index >= 15 is 4.39 Å². The monoisotopic (exact) mass is 548 g/mol. The molecule has 13 heteroatoms. The summed E-state index contributed by atoms with van der Waals surface area (Å²) in [6.07, 6.45) is -6.26. The van der Waals surface area contributed by atoms with Crippen molar-refractivity contribution in [2.24, 2.45) is 0 Å². The van der Waals surface area contributed by atoms with Crippen molar-refractivity contribution in [3.05, 3.63) is 0 Å². The maximum Gasteiger partial charge on any atom is 0.373 e. The van der Waals surface area contributed by atoms with Gasteiger partial charge in [0.05, 0.1) is 7.11 Å². The Balaban J connectivity index is 3.52. The molecule has 1 saturated heterocycles. The van der Waals surface area contributed by atoms with Gasteiger partial charge in [0.1, 0.15) is 16.6 Å². The molecule has 0 aromatic rings. The second-order valence-corrected chi connectivity index (χ2v) is 7.56. The Labute approximate surface area is 184 Å². The van der Waals surface area contributed by atoms with Crippen molar-refractivity contribution in [3.8, 4) is 0 Å². The zero-order valence-corrected chi connectivity index (χ0v) is 19.0. The first-order valence-corrected chi connectivity index (χ1v) is 9.82. The number of halogens is 2. The van der Waals surface area contributed by atoms with Gasteiger partial charge < -0.3 is 28.4 Å². The molecule has 1 rings (SSSR count). The van der Waals surface area contributed by atoms with Gasteiger partial charge in [0, 0.05) is 27.7 Å². The average molecular weight is 548 g/mol. The van der Waals surface area contributed by atoms with E-state index in [4.69, 9.17) is 23.7 Å². The molecular weight excluding hydrogens is 526 g/mol. The SMILES string of the molecule is COC(=O)[C@]1(F)O[C@H]([C@@H](COC(C)=O)OC(C)=O)[C@H](OC(C)=O)[C@H](OC(C)=O)[C@@H]1I. The second-order valence-electron chi connectivity index (χ2n) is 6.22. The number of hydrogen-bond donors (Lipinski definition) is 0. The lowest BCUT2D eigenvalue weighted by Crippen LogP contribution is -2.68. The van der Waals surface area contributed by atoms with Gasteiger partial charge in [-0.3, -0.25) is 19.2 Å². The molecule has 0 saturated carbocycles. The first kappa shape index (κ1) is 26.0. The molecule has 170 valence electrons. The van der Waals surface area contributed by atoms with Crippen LogP contribution in [0.3, 0.4) is 0 Å². The summed E-state index contributed by atoms with van der Waals surface area (Å²) in [5.74, 6) is -7.97. The van der Waals surface area contributed by atoms with Gasteiger partial charge in [-0.2, -0.15) is 4.39 Å². The molecule has 6 atom stereocenters. The third-order valence-corrected chi connectivity index (χ3v) is 5.31. The van der Waals surface area contributed by atoms with Crippen molar-refractivity contribution in [2.75, 3.05) is 13.7 Å². The third kappa shape index (κ3) is 6.48. The standard InChI is InChI=1S/C17H22FIO11/c1-7(20)26-6-11(27-8(2)21)12-13(28-9(3)22)14(29-10(4)23)15(19)17(18,30-12)16(24)25-5/h11-15H,6H2,1-5H3/t11-,12-,13+,14+,15+,17-/m1/s1. The van der Waals surface area contributed by atoms with E-state index in [2.05, 4.69) is 4.74 Å². The number of methoxy groups -OCH3 is 1. The highest BCUT2D eigenvalue weighted by atomic mass is 127. The predicted octanol–water partition coefficient (Wildman–Crippen LogP) is 0.386. The van der Waals surface area contributed by atoms with Crippen LogP contribution in [0.1, 0.15) is 27.7 Å². The minimum atomic E-state index is -3.18. The van der Waals surface area contributed by atoms with E-state index in [-0.39, 0.29) is 0 Å². The van der Waals surface area contributed by atoms with E-state index in [0.717, 1.165) is 34.8 Å². The van der Waals surface area contributed by atoms with Crippen LogP contribution in [0.15, 0.2) is 0 Å². The summed E-state index contributed by atoms with van der Waals surface area (Å²) < 4.78 is 44.0. The fraction of sp³-hybridized carbons (Fsp3) is 0.706. The van der Waals surface area contributed by atoms with Gasteiger partial charge in [0.15, 0.2) is 18.3 Å². The van der Waals surface area contributed by atoms with Crippen LogP contribution in [0.2, 0.25) is 0 Å². The molecule has 11 nitrogen and oxygen atoms in total. The number of hydrogen-bond acceptors (Lipinski definition) is 11. The number of rotatable bonds is 7. The molecule has 0 unspecified atom stereocenters. The Hall–Kier alpha value is -2.03. The van der Waals surface area contributed by atoms with E-state index in [1.165, 1.54) is 22.6 Å². The quantitative estimate of drug-likeness (QED) is 0.189. The van der Waals surface area contributed by atoms with Crippen LogP contribution in [0, 0.1) is 0 Å². The van der Waals surface area contributed by atoms with E-state index < -0.39 is 70.6 Å². The molecule has 0 aromatic heterocycles. The fourth-order valence-electron chi connectivity index (χ4n) is 2.73. The summed E-state index contributed by atoms with van der Waals surface area (Å²) >= 11 is 1.46. The molecule has 0 aromatic carbocycles. The first-order chi connectivity index (χ1) is 13.8. The van der Waals surface area contributed by atoms with Gasteiger partial charge in [-0.05, 0) is 0 Å². The van der Waals surface area contributed by atoms with E-state index in [1.54, 1.807) is 0 Å². The van der Waals surface area contributed by atoms with Crippen LogP contribution < -0.4 is 0 Å². The van der Waals surface area contributed by atoms with Crippen LogP contribution in [0.5, 0.6) is 0 Å². The molecule has 1 aliphatic heterocycles. The minimum absolute atomic E-state index is 0.618. The van der Waals surface area contributed by atoms with Gasteiger partial charge in [0.25, 0.3) is 0 Å². The van der Waals surface area contributed by atoms with Crippen LogP contribution in [-0.4, -0.2) is 77.8 Å². The smallest absolute Gasteiger partial charge is 0.373 e. The van der Waals surface area contributed by atoms with Crippen LogP contribution in [0.25, 0.3) is 0 Å². The van der Waals surface area contributed by atoms with Gasteiger partial charge >= 0.3 is 35.7 Å². The van der Waals surface area contributed by atoms with E-state index in [0.29, 0.717) is 0 Å². The lowest BCUT2D eigenvalue weighted by molar-refractivity contribution is -0.285. The normalized spacial score (nSPS) is 29.2. The first-order valence-electron chi connectivity index (χ1n) is 8.57. The number of alkyl halides is 2. The van der Waals surface area contributed by atoms with Crippen molar-refractivity contribution in [2.45, 2.75) is 61.9 Å². The molecule has 0 amide bonds. The third-order valence-electron chi connectivity index (χ3n) is 3.80. The van der Waals surface area contributed by atoms with Crippen molar-refractivity contribution in [1.82, 2.24) is 0 Å². The second kappa shape index (κ2) is 10.8.